The van der Waals surface area contributed by atoms with Gasteiger partial charge in [0.1, 0.15) is 12.1 Å². The van der Waals surface area contributed by atoms with Crippen LogP contribution in [-0.4, -0.2) is 97.4 Å². The molecule has 0 bridgehead atoms. The van der Waals surface area contributed by atoms with Crippen molar-refractivity contribution in [1.29, 1.82) is 5.26 Å². The Kier molecular flexibility index (Phi) is 9.65. The summed E-state index contributed by atoms with van der Waals surface area (Å²) in [5.41, 5.74) is 8.17. The fraction of sp³-hybridized carbons (Fsp3) is 0.442. The number of imide groups is 1. The molecule has 0 spiro atoms. The summed E-state index contributed by atoms with van der Waals surface area (Å²) in [5.74, 6) is 0.486. The maximum Gasteiger partial charge on any atom is 0.255 e. The number of anilines is 3. The number of benzene rings is 3. The number of H-pyrrole nitrogens is 1. The van der Waals surface area contributed by atoms with Gasteiger partial charge in [0.2, 0.25) is 11.8 Å². The van der Waals surface area contributed by atoms with E-state index in [-0.39, 0.29) is 24.1 Å². The van der Waals surface area contributed by atoms with Crippen LogP contribution in [0.25, 0.3) is 10.9 Å². The lowest BCUT2D eigenvalue weighted by molar-refractivity contribution is -0.136. The summed E-state index contributed by atoms with van der Waals surface area (Å²) >= 11 is 6.46. The van der Waals surface area contributed by atoms with Crippen molar-refractivity contribution in [3.8, 4) is 6.07 Å². The number of piperazine rings is 1. The average molecular weight is 759 g/mol. The van der Waals surface area contributed by atoms with Crippen LogP contribution in [-0.2, 0) is 16.1 Å². The Hall–Kier alpha value is -5.05. The lowest BCUT2D eigenvalue weighted by Gasteiger charge is -2.40. The van der Waals surface area contributed by atoms with E-state index in [0.717, 1.165) is 99.6 Å². The van der Waals surface area contributed by atoms with E-state index in [0.29, 0.717) is 41.0 Å². The molecule has 0 aliphatic carbocycles. The van der Waals surface area contributed by atoms with Gasteiger partial charge in [0, 0.05) is 100 Å². The third-order valence-corrected chi connectivity index (χ3v) is 13.1. The van der Waals surface area contributed by atoms with E-state index in [2.05, 4.69) is 72.4 Å². The molecule has 1 unspecified atom stereocenters. The van der Waals surface area contributed by atoms with Gasteiger partial charge in [-0.1, -0.05) is 23.7 Å². The molecule has 6 heterocycles. The van der Waals surface area contributed by atoms with Crippen molar-refractivity contribution in [2.75, 3.05) is 73.6 Å². The van der Waals surface area contributed by atoms with Crippen molar-refractivity contribution in [2.24, 2.45) is 5.92 Å². The standard InChI is InChI=1S/C43H47ClN8O3/c44-36-7-8-37(41-40(36)32(24-45)25-46-41)51-17-13-30(14-18-51)29-1-3-33(4-2-29)49-15-11-28(12-16-49)26-48-19-21-50(22-20-48)34-5-6-35-31(23-34)27-52(43(35)55)38-9-10-39(53)47-42(38)54/h1-8,23,25,28,30,38,46H,9-22,26-27H2,(H,47,53,54). The number of piperidine rings is 3. The zero-order valence-electron chi connectivity index (χ0n) is 31.1. The number of aromatic amines is 1. The van der Waals surface area contributed by atoms with Gasteiger partial charge in [0.15, 0.2) is 0 Å². The van der Waals surface area contributed by atoms with Crippen LogP contribution in [0.15, 0.2) is 60.8 Å². The van der Waals surface area contributed by atoms with Gasteiger partial charge in [0.05, 0.1) is 21.8 Å². The molecule has 0 radical (unpaired) electrons. The van der Waals surface area contributed by atoms with Crippen molar-refractivity contribution in [3.63, 3.8) is 0 Å². The summed E-state index contributed by atoms with van der Waals surface area (Å²) in [6, 6.07) is 21.1. The minimum Gasteiger partial charge on any atom is -0.372 e. The van der Waals surface area contributed by atoms with Crippen LogP contribution in [0.1, 0.15) is 71.5 Å². The Morgan fingerprint density at radius 2 is 1.49 bits per heavy atom. The first-order valence-corrected chi connectivity index (χ1v) is 20.2. The first-order valence-electron chi connectivity index (χ1n) is 19.9. The number of hydrogen-bond donors (Lipinski definition) is 2. The van der Waals surface area contributed by atoms with Crippen LogP contribution < -0.4 is 20.0 Å². The van der Waals surface area contributed by atoms with Gasteiger partial charge in [0.25, 0.3) is 5.91 Å². The minimum atomic E-state index is -0.585. The van der Waals surface area contributed by atoms with E-state index in [4.69, 9.17) is 11.6 Å². The number of carbonyl (C=O) groups excluding carboxylic acids is 3. The minimum absolute atomic E-state index is 0.122. The fourth-order valence-electron chi connectivity index (χ4n) is 9.64. The predicted molar refractivity (Wildman–Crippen MR) is 215 cm³/mol. The summed E-state index contributed by atoms with van der Waals surface area (Å²) in [6.07, 6.45) is 6.99. The number of nitrogens with one attached hydrogen (secondary N) is 2. The third-order valence-electron chi connectivity index (χ3n) is 12.8. The Labute approximate surface area is 326 Å². The highest BCUT2D eigenvalue weighted by Crippen LogP contribution is 2.38. The summed E-state index contributed by atoms with van der Waals surface area (Å²) < 4.78 is 0. The van der Waals surface area contributed by atoms with E-state index in [1.165, 1.54) is 24.1 Å². The van der Waals surface area contributed by atoms with Crippen LogP contribution in [0.3, 0.4) is 0 Å². The number of aromatic nitrogens is 1. The molecular formula is C43H47ClN8O3. The van der Waals surface area contributed by atoms with Crippen LogP contribution in [0.2, 0.25) is 5.02 Å². The van der Waals surface area contributed by atoms with Gasteiger partial charge in [-0.05, 0) is 97.5 Å². The zero-order valence-corrected chi connectivity index (χ0v) is 31.9. The smallest absolute Gasteiger partial charge is 0.255 e. The Bertz CT molecular complexity index is 2150. The number of nitriles is 1. The number of hydrogen-bond acceptors (Lipinski definition) is 8. The molecule has 3 aromatic carbocycles. The molecule has 55 heavy (non-hydrogen) atoms. The molecule has 284 valence electrons. The second-order valence-corrected chi connectivity index (χ2v) is 16.4. The maximum atomic E-state index is 13.1. The Balaban J connectivity index is 0.724. The molecule has 4 saturated heterocycles. The molecule has 11 nitrogen and oxygen atoms in total. The molecule has 2 N–H and O–H groups in total. The average Bonchev–Trinajstić information content (AvgIpc) is 3.80. The second-order valence-electron chi connectivity index (χ2n) is 15.9. The largest absolute Gasteiger partial charge is 0.372 e. The van der Waals surface area contributed by atoms with E-state index >= 15 is 0 Å². The van der Waals surface area contributed by atoms with Crippen molar-refractivity contribution in [3.05, 3.63) is 88.1 Å². The number of fused-ring (bicyclic) bond motifs is 2. The van der Waals surface area contributed by atoms with Gasteiger partial charge >= 0.3 is 0 Å². The molecule has 0 saturated carbocycles. The number of amides is 3. The number of halogens is 1. The van der Waals surface area contributed by atoms with Crippen molar-refractivity contribution in [2.45, 2.75) is 57.0 Å². The lowest BCUT2D eigenvalue weighted by Crippen LogP contribution is -2.52. The van der Waals surface area contributed by atoms with Crippen LogP contribution in [0.4, 0.5) is 17.1 Å². The molecular weight excluding hydrogens is 712 g/mol. The third kappa shape index (κ3) is 6.91. The number of rotatable bonds is 7. The second kappa shape index (κ2) is 14.9. The molecule has 4 aromatic rings. The van der Waals surface area contributed by atoms with Crippen molar-refractivity contribution < 1.29 is 14.4 Å². The monoisotopic (exact) mass is 758 g/mol. The lowest BCUT2D eigenvalue weighted by atomic mass is 9.89. The van der Waals surface area contributed by atoms with E-state index in [9.17, 15) is 19.6 Å². The zero-order chi connectivity index (χ0) is 37.6. The molecule has 1 aromatic heterocycles. The van der Waals surface area contributed by atoms with Crippen LogP contribution in [0.5, 0.6) is 0 Å². The molecule has 5 aliphatic heterocycles. The Morgan fingerprint density at radius 1 is 0.782 bits per heavy atom. The molecule has 4 fully saturated rings. The molecule has 3 amide bonds. The molecule has 1 atom stereocenters. The fourth-order valence-corrected chi connectivity index (χ4v) is 9.90. The van der Waals surface area contributed by atoms with Gasteiger partial charge in [-0.15, -0.1) is 0 Å². The summed E-state index contributed by atoms with van der Waals surface area (Å²) in [4.78, 5) is 52.1. The van der Waals surface area contributed by atoms with Gasteiger partial charge in [-0.3, -0.25) is 24.6 Å². The predicted octanol–water partition coefficient (Wildman–Crippen LogP) is 5.88. The summed E-state index contributed by atoms with van der Waals surface area (Å²) in [5, 5.41) is 13.3. The Morgan fingerprint density at radius 3 is 2.22 bits per heavy atom. The van der Waals surface area contributed by atoms with Crippen LogP contribution >= 0.6 is 11.6 Å². The van der Waals surface area contributed by atoms with Crippen molar-refractivity contribution >= 4 is 57.3 Å². The molecule has 9 rings (SSSR count). The number of nitrogens with zero attached hydrogens (tertiary/aromatic N) is 6. The number of carbonyl (C=O) groups is 3. The highest BCUT2D eigenvalue weighted by atomic mass is 35.5. The first-order chi connectivity index (χ1) is 26.8. The van der Waals surface area contributed by atoms with Gasteiger partial charge < -0.3 is 24.6 Å². The highest BCUT2D eigenvalue weighted by Gasteiger charge is 2.39. The van der Waals surface area contributed by atoms with Gasteiger partial charge in [-0.2, -0.15) is 5.26 Å². The molecule has 5 aliphatic rings. The van der Waals surface area contributed by atoms with Gasteiger partial charge in [-0.25, -0.2) is 0 Å². The van der Waals surface area contributed by atoms with E-state index < -0.39 is 6.04 Å². The summed E-state index contributed by atoms with van der Waals surface area (Å²) in [6.45, 7) is 9.63. The highest BCUT2D eigenvalue weighted by molar-refractivity contribution is 6.36. The van der Waals surface area contributed by atoms with E-state index in [1.807, 2.05) is 18.2 Å². The summed E-state index contributed by atoms with van der Waals surface area (Å²) in [7, 11) is 0. The first kappa shape index (κ1) is 35.6. The van der Waals surface area contributed by atoms with Crippen molar-refractivity contribution in [1.82, 2.24) is 20.1 Å². The SMILES string of the molecule is N#Cc1c[nH]c2c(N3CCC(c4ccc(N5CCC(CN6CCN(c7ccc8c(c7)CN(C7CCC(=O)NC7=O)C8=O)CC6)CC5)cc4)CC3)ccc(Cl)c12. The van der Waals surface area contributed by atoms with Crippen LogP contribution in [0, 0.1) is 17.2 Å². The van der Waals surface area contributed by atoms with E-state index in [1.54, 1.807) is 11.1 Å². The normalized spacial score (nSPS) is 21.7. The topological polar surface area (TPSA) is 119 Å². The maximum absolute atomic E-state index is 13.1. The molecule has 12 heteroatoms. The quantitative estimate of drug-likeness (QED) is 0.225.